The van der Waals surface area contributed by atoms with Crippen LogP contribution in [0.25, 0.3) is 16.8 Å². The van der Waals surface area contributed by atoms with Crippen molar-refractivity contribution >= 4 is 17.5 Å². The molecular weight excluding hydrogens is 450 g/mol. The van der Waals surface area contributed by atoms with E-state index in [1.54, 1.807) is 0 Å². The molecule has 1 unspecified atom stereocenters. The SMILES string of the molecule is Cc1nn(-c2ccccc2)c(C)c1C1C(=O)NCCN1CC(=O)Nc1ccc(-c2ccccc2)cc1. The van der Waals surface area contributed by atoms with E-state index in [4.69, 9.17) is 5.10 Å². The second kappa shape index (κ2) is 10.2. The molecule has 1 aliphatic heterocycles. The summed E-state index contributed by atoms with van der Waals surface area (Å²) in [5, 5.41) is 10.7. The first-order valence-electron chi connectivity index (χ1n) is 12.1. The monoisotopic (exact) mass is 479 g/mol. The second-order valence-corrected chi connectivity index (χ2v) is 8.99. The van der Waals surface area contributed by atoms with Gasteiger partial charge in [0, 0.05) is 30.0 Å². The van der Waals surface area contributed by atoms with Crippen LogP contribution in [0.3, 0.4) is 0 Å². The van der Waals surface area contributed by atoms with Gasteiger partial charge in [0.2, 0.25) is 11.8 Å². The summed E-state index contributed by atoms with van der Waals surface area (Å²) in [6.07, 6.45) is 0. The molecule has 0 saturated carbocycles. The standard InChI is InChI=1S/C29H29N5O2/c1-20-27(21(2)34(32-20)25-11-7-4-8-12-25)28-29(36)30-17-18-33(28)19-26(35)31-24-15-13-23(14-16-24)22-9-5-3-6-10-22/h3-16,28H,17-19H2,1-2H3,(H,30,36)(H,31,35). The Balaban J connectivity index is 1.34. The van der Waals surface area contributed by atoms with Crippen LogP contribution < -0.4 is 10.6 Å². The zero-order valence-electron chi connectivity index (χ0n) is 20.4. The maximum absolute atomic E-state index is 13.0. The van der Waals surface area contributed by atoms with Gasteiger partial charge in [-0.15, -0.1) is 0 Å². The number of hydrogen-bond donors (Lipinski definition) is 2. The Labute approximate surface area is 210 Å². The zero-order valence-corrected chi connectivity index (χ0v) is 20.4. The largest absolute Gasteiger partial charge is 0.353 e. The number of aryl methyl sites for hydroxylation is 1. The third-order valence-corrected chi connectivity index (χ3v) is 6.56. The number of hydrogen-bond acceptors (Lipinski definition) is 4. The molecule has 36 heavy (non-hydrogen) atoms. The Hall–Kier alpha value is -4.23. The predicted molar refractivity (Wildman–Crippen MR) is 141 cm³/mol. The van der Waals surface area contributed by atoms with E-state index in [-0.39, 0.29) is 18.4 Å². The number of carbonyl (C=O) groups excluding carboxylic acids is 2. The van der Waals surface area contributed by atoms with Gasteiger partial charge in [-0.3, -0.25) is 14.5 Å². The Bertz CT molecular complexity index is 1360. The Morgan fingerprint density at radius 3 is 2.28 bits per heavy atom. The number of benzene rings is 3. The van der Waals surface area contributed by atoms with E-state index < -0.39 is 6.04 Å². The van der Waals surface area contributed by atoms with Gasteiger partial charge >= 0.3 is 0 Å². The van der Waals surface area contributed by atoms with Crippen LogP contribution in [0.4, 0.5) is 5.69 Å². The van der Waals surface area contributed by atoms with Crippen molar-refractivity contribution in [1.82, 2.24) is 20.0 Å². The molecule has 1 atom stereocenters. The highest BCUT2D eigenvalue weighted by Crippen LogP contribution is 2.30. The van der Waals surface area contributed by atoms with Crippen LogP contribution in [0.5, 0.6) is 0 Å². The maximum atomic E-state index is 13.0. The molecule has 2 heterocycles. The van der Waals surface area contributed by atoms with Gasteiger partial charge in [0.15, 0.2) is 0 Å². The lowest BCUT2D eigenvalue weighted by molar-refractivity contribution is -0.130. The summed E-state index contributed by atoms with van der Waals surface area (Å²) >= 11 is 0. The number of amides is 2. The molecule has 182 valence electrons. The number of aromatic nitrogens is 2. The lowest BCUT2D eigenvalue weighted by atomic mass is 10.00. The summed E-state index contributed by atoms with van der Waals surface area (Å²) in [6, 6.07) is 27.2. The minimum atomic E-state index is -0.581. The van der Waals surface area contributed by atoms with Crippen LogP contribution in [0.15, 0.2) is 84.9 Å². The third kappa shape index (κ3) is 4.78. The average Bonchev–Trinajstić information content (AvgIpc) is 3.19. The molecule has 5 rings (SSSR count). The number of nitrogens with zero attached hydrogens (tertiary/aromatic N) is 3. The van der Waals surface area contributed by atoms with E-state index in [2.05, 4.69) is 22.8 Å². The smallest absolute Gasteiger partial charge is 0.242 e. The molecule has 1 saturated heterocycles. The number of nitrogens with one attached hydrogen (secondary N) is 2. The van der Waals surface area contributed by atoms with Gasteiger partial charge in [-0.05, 0) is 49.2 Å². The number of anilines is 1. The quantitative estimate of drug-likeness (QED) is 0.433. The lowest BCUT2D eigenvalue weighted by Crippen LogP contribution is -2.52. The van der Waals surface area contributed by atoms with Crippen LogP contribution in [0.1, 0.15) is 23.0 Å². The molecule has 7 nitrogen and oxygen atoms in total. The van der Waals surface area contributed by atoms with Crippen LogP contribution >= 0.6 is 0 Å². The Morgan fingerprint density at radius 2 is 1.58 bits per heavy atom. The summed E-state index contributed by atoms with van der Waals surface area (Å²) in [7, 11) is 0. The molecule has 7 heteroatoms. The summed E-state index contributed by atoms with van der Waals surface area (Å²) < 4.78 is 1.86. The molecule has 2 N–H and O–H groups in total. The van der Waals surface area contributed by atoms with E-state index in [9.17, 15) is 9.59 Å². The zero-order chi connectivity index (χ0) is 25.1. The molecule has 2 amide bonds. The Morgan fingerprint density at radius 1 is 0.944 bits per heavy atom. The van der Waals surface area contributed by atoms with Crippen LogP contribution in [0.2, 0.25) is 0 Å². The Kier molecular flexibility index (Phi) is 6.64. The fraction of sp³-hybridized carbons (Fsp3) is 0.207. The van der Waals surface area contributed by atoms with Crippen molar-refractivity contribution in [3.63, 3.8) is 0 Å². The number of piperazine rings is 1. The van der Waals surface area contributed by atoms with Crippen LogP contribution in [0, 0.1) is 13.8 Å². The van der Waals surface area contributed by atoms with E-state index in [1.165, 1.54) is 0 Å². The summed E-state index contributed by atoms with van der Waals surface area (Å²) in [5.74, 6) is -0.270. The number of carbonyl (C=O) groups is 2. The highest BCUT2D eigenvalue weighted by molar-refractivity contribution is 5.93. The average molecular weight is 480 g/mol. The molecule has 1 fully saturated rings. The number of rotatable bonds is 6. The second-order valence-electron chi connectivity index (χ2n) is 8.99. The molecule has 4 aromatic rings. The van der Waals surface area contributed by atoms with Crippen LogP contribution in [-0.2, 0) is 9.59 Å². The van der Waals surface area contributed by atoms with E-state index >= 15 is 0 Å². The van der Waals surface area contributed by atoms with Crippen molar-refractivity contribution in [1.29, 1.82) is 0 Å². The molecule has 1 aromatic heterocycles. The van der Waals surface area contributed by atoms with E-state index in [0.29, 0.717) is 13.1 Å². The molecule has 0 bridgehead atoms. The van der Waals surface area contributed by atoms with Crippen molar-refractivity contribution in [2.45, 2.75) is 19.9 Å². The lowest BCUT2D eigenvalue weighted by Gasteiger charge is -2.34. The first-order valence-corrected chi connectivity index (χ1v) is 12.1. The van der Waals surface area contributed by atoms with Crippen molar-refractivity contribution in [3.05, 3.63) is 102 Å². The van der Waals surface area contributed by atoms with E-state index in [1.807, 2.05) is 96.2 Å². The van der Waals surface area contributed by atoms with E-state index in [0.717, 1.165) is 39.5 Å². The van der Waals surface area contributed by atoms with Gasteiger partial charge in [-0.25, -0.2) is 4.68 Å². The molecular formula is C29H29N5O2. The fourth-order valence-corrected chi connectivity index (χ4v) is 4.83. The maximum Gasteiger partial charge on any atom is 0.242 e. The third-order valence-electron chi connectivity index (χ3n) is 6.56. The van der Waals surface area contributed by atoms with Gasteiger partial charge in [0.05, 0.1) is 17.9 Å². The van der Waals surface area contributed by atoms with Gasteiger partial charge in [0.1, 0.15) is 6.04 Å². The molecule has 0 radical (unpaired) electrons. The number of para-hydroxylation sites is 1. The minimum absolute atomic E-state index is 0.105. The highest BCUT2D eigenvalue weighted by atomic mass is 16.2. The normalized spacial score (nSPS) is 15.9. The first kappa shape index (κ1) is 23.5. The molecule has 0 spiro atoms. The van der Waals surface area contributed by atoms with Gasteiger partial charge in [-0.1, -0.05) is 60.7 Å². The van der Waals surface area contributed by atoms with Crippen molar-refractivity contribution in [2.75, 3.05) is 25.0 Å². The minimum Gasteiger partial charge on any atom is -0.353 e. The predicted octanol–water partition coefficient (Wildman–Crippen LogP) is 4.27. The molecule has 3 aromatic carbocycles. The van der Waals surface area contributed by atoms with Gasteiger partial charge in [-0.2, -0.15) is 5.10 Å². The summed E-state index contributed by atoms with van der Waals surface area (Å²) in [5.41, 5.74) is 6.38. The summed E-state index contributed by atoms with van der Waals surface area (Å²) in [4.78, 5) is 28.0. The topological polar surface area (TPSA) is 79.3 Å². The van der Waals surface area contributed by atoms with Gasteiger partial charge < -0.3 is 10.6 Å². The highest BCUT2D eigenvalue weighted by Gasteiger charge is 2.36. The fourth-order valence-electron chi connectivity index (χ4n) is 4.83. The van der Waals surface area contributed by atoms with Crippen molar-refractivity contribution < 1.29 is 9.59 Å². The van der Waals surface area contributed by atoms with Crippen LogP contribution in [-0.4, -0.2) is 46.1 Å². The van der Waals surface area contributed by atoms with Crippen molar-refractivity contribution in [2.24, 2.45) is 0 Å². The molecule has 0 aliphatic carbocycles. The first-order chi connectivity index (χ1) is 17.5. The summed E-state index contributed by atoms with van der Waals surface area (Å²) in [6.45, 7) is 5.06. The molecule has 1 aliphatic rings. The van der Waals surface area contributed by atoms with Gasteiger partial charge in [0.25, 0.3) is 0 Å². The van der Waals surface area contributed by atoms with Crippen molar-refractivity contribution in [3.8, 4) is 16.8 Å².